The quantitative estimate of drug-likeness (QED) is 0.744. The number of aliphatic hydroxyl groups is 1. The lowest BCUT2D eigenvalue weighted by Crippen LogP contribution is -1.98. The van der Waals surface area contributed by atoms with Crippen LogP contribution in [0.5, 0.6) is 5.75 Å². The molecule has 88 valence electrons. The molecule has 0 fully saturated rings. The van der Waals surface area contributed by atoms with Crippen molar-refractivity contribution < 1.29 is 9.84 Å². The molecule has 0 aliphatic carbocycles. The second-order valence-electron chi connectivity index (χ2n) is 4.01. The van der Waals surface area contributed by atoms with Crippen molar-refractivity contribution in [3.63, 3.8) is 0 Å². The van der Waals surface area contributed by atoms with Crippen LogP contribution in [0.25, 0.3) is 0 Å². The Morgan fingerprint density at radius 3 is 2.50 bits per heavy atom. The van der Waals surface area contributed by atoms with Crippen molar-refractivity contribution in [1.82, 2.24) is 0 Å². The molecule has 1 N–H and O–H groups in total. The number of allylic oxidation sites excluding steroid dienone is 1. The molecular formula is C14H20O2. The predicted octanol–water partition coefficient (Wildman–Crippen LogP) is 3.48. The number of benzene rings is 1. The van der Waals surface area contributed by atoms with E-state index in [0.717, 1.165) is 29.7 Å². The van der Waals surface area contributed by atoms with Crippen LogP contribution < -0.4 is 4.74 Å². The monoisotopic (exact) mass is 220 g/mol. The maximum absolute atomic E-state index is 9.91. The third kappa shape index (κ3) is 4.07. The Kier molecular flexibility index (Phi) is 5.06. The average molecular weight is 220 g/mol. The van der Waals surface area contributed by atoms with Gasteiger partial charge in [0.05, 0.1) is 12.7 Å². The van der Waals surface area contributed by atoms with Crippen LogP contribution in [-0.2, 0) is 0 Å². The molecule has 0 bridgehead atoms. The molecule has 1 atom stereocenters. The number of aliphatic hydroxyl groups excluding tert-OH is 1. The van der Waals surface area contributed by atoms with Gasteiger partial charge in [-0.05, 0) is 44.4 Å². The molecule has 1 rings (SSSR count). The van der Waals surface area contributed by atoms with Crippen LogP contribution >= 0.6 is 0 Å². The van der Waals surface area contributed by atoms with Gasteiger partial charge in [0.25, 0.3) is 0 Å². The molecule has 0 aromatic heterocycles. The second-order valence-corrected chi connectivity index (χ2v) is 4.01. The van der Waals surface area contributed by atoms with Gasteiger partial charge in [-0.25, -0.2) is 0 Å². The Labute approximate surface area is 97.6 Å². The van der Waals surface area contributed by atoms with E-state index < -0.39 is 6.10 Å². The first-order chi connectivity index (χ1) is 7.63. The maximum atomic E-state index is 9.91. The van der Waals surface area contributed by atoms with Crippen molar-refractivity contribution in [2.75, 3.05) is 6.61 Å². The smallest absolute Gasteiger partial charge is 0.119 e. The third-order valence-corrected chi connectivity index (χ3v) is 2.42. The lowest BCUT2D eigenvalue weighted by atomic mass is 10.0. The highest BCUT2D eigenvalue weighted by atomic mass is 16.5. The summed E-state index contributed by atoms with van der Waals surface area (Å²) in [5.74, 6) is 0.846. The van der Waals surface area contributed by atoms with Gasteiger partial charge in [0.1, 0.15) is 5.75 Å². The number of hydrogen-bond donors (Lipinski definition) is 1. The average Bonchev–Trinajstić information content (AvgIpc) is 2.27. The van der Waals surface area contributed by atoms with Crippen LogP contribution in [0.3, 0.4) is 0 Å². The third-order valence-electron chi connectivity index (χ3n) is 2.42. The lowest BCUT2D eigenvalue weighted by molar-refractivity contribution is 0.167. The molecule has 0 radical (unpaired) electrons. The zero-order valence-corrected chi connectivity index (χ0v) is 10.1. The van der Waals surface area contributed by atoms with Gasteiger partial charge >= 0.3 is 0 Å². The van der Waals surface area contributed by atoms with Crippen molar-refractivity contribution in [2.45, 2.75) is 32.8 Å². The Bertz CT molecular complexity index is 327. The van der Waals surface area contributed by atoms with E-state index >= 15 is 0 Å². The fourth-order valence-corrected chi connectivity index (χ4v) is 1.50. The van der Waals surface area contributed by atoms with Crippen molar-refractivity contribution in [3.8, 4) is 5.75 Å². The minimum absolute atomic E-state index is 0.410. The summed E-state index contributed by atoms with van der Waals surface area (Å²) in [7, 11) is 0. The molecule has 2 heteroatoms. The Balaban J connectivity index is 2.55. The molecule has 0 aliphatic heterocycles. The second kappa shape index (κ2) is 6.33. The number of hydrogen-bond acceptors (Lipinski definition) is 2. The van der Waals surface area contributed by atoms with Crippen LogP contribution in [0.15, 0.2) is 36.4 Å². The standard InChI is InChI=1S/C14H20O2/c1-4-16-13-8-6-12(7-9-13)14(15)10-5-11(2)3/h6-9,14-15H,2,4-5,10H2,1,3H3. The van der Waals surface area contributed by atoms with Crippen molar-refractivity contribution in [2.24, 2.45) is 0 Å². The summed E-state index contributed by atoms with van der Waals surface area (Å²) >= 11 is 0. The molecule has 0 aliphatic rings. The molecule has 1 aromatic rings. The highest BCUT2D eigenvalue weighted by molar-refractivity contribution is 5.28. The Hall–Kier alpha value is -1.28. The van der Waals surface area contributed by atoms with Crippen LogP contribution in [0.1, 0.15) is 38.4 Å². The molecule has 0 heterocycles. The summed E-state index contributed by atoms with van der Waals surface area (Å²) in [4.78, 5) is 0. The topological polar surface area (TPSA) is 29.5 Å². The largest absolute Gasteiger partial charge is 0.494 e. The first-order valence-corrected chi connectivity index (χ1v) is 5.68. The number of ether oxygens (including phenoxy) is 1. The first-order valence-electron chi connectivity index (χ1n) is 5.68. The summed E-state index contributed by atoms with van der Waals surface area (Å²) in [5.41, 5.74) is 2.04. The molecule has 0 saturated carbocycles. The van der Waals surface area contributed by atoms with Gasteiger partial charge in [-0.1, -0.05) is 17.7 Å². The Morgan fingerprint density at radius 1 is 1.38 bits per heavy atom. The van der Waals surface area contributed by atoms with E-state index in [9.17, 15) is 5.11 Å². The fourth-order valence-electron chi connectivity index (χ4n) is 1.50. The van der Waals surface area contributed by atoms with Crippen LogP contribution in [0, 0.1) is 0 Å². The van der Waals surface area contributed by atoms with E-state index in [4.69, 9.17) is 4.74 Å². The van der Waals surface area contributed by atoms with Gasteiger partial charge in [-0.3, -0.25) is 0 Å². The van der Waals surface area contributed by atoms with Gasteiger partial charge in [-0.2, -0.15) is 0 Å². The summed E-state index contributed by atoms with van der Waals surface area (Å²) in [5, 5.41) is 9.91. The van der Waals surface area contributed by atoms with Crippen LogP contribution in [0.4, 0.5) is 0 Å². The molecule has 0 spiro atoms. The van der Waals surface area contributed by atoms with Gasteiger partial charge in [0.2, 0.25) is 0 Å². The van der Waals surface area contributed by atoms with Crippen molar-refractivity contribution in [1.29, 1.82) is 0 Å². The highest BCUT2D eigenvalue weighted by Gasteiger charge is 2.07. The van der Waals surface area contributed by atoms with Crippen LogP contribution in [0.2, 0.25) is 0 Å². The minimum atomic E-state index is -0.410. The van der Waals surface area contributed by atoms with E-state index in [-0.39, 0.29) is 0 Å². The first kappa shape index (κ1) is 12.8. The van der Waals surface area contributed by atoms with E-state index in [1.165, 1.54) is 0 Å². The molecule has 0 amide bonds. The summed E-state index contributed by atoms with van der Waals surface area (Å²) in [6, 6.07) is 7.60. The van der Waals surface area contributed by atoms with Crippen molar-refractivity contribution >= 4 is 0 Å². The van der Waals surface area contributed by atoms with Gasteiger partial charge in [0.15, 0.2) is 0 Å². The lowest BCUT2D eigenvalue weighted by Gasteiger charge is -2.11. The minimum Gasteiger partial charge on any atom is -0.494 e. The normalized spacial score (nSPS) is 12.2. The van der Waals surface area contributed by atoms with E-state index in [1.807, 2.05) is 38.1 Å². The van der Waals surface area contributed by atoms with Crippen molar-refractivity contribution in [3.05, 3.63) is 42.0 Å². The molecule has 0 saturated heterocycles. The van der Waals surface area contributed by atoms with E-state index in [0.29, 0.717) is 6.61 Å². The maximum Gasteiger partial charge on any atom is 0.119 e. The van der Waals surface area contributed by atoms with Gasteiger partial charge < -0.3 is 9.84 Å². The molecule has 16 heavy (non-hydrogen) atoms. The van der Waals surface area contributed by atoms with Gasteiger partial charge in [0, 0.05) is 0 Å². The predicted molar refractivity (Wildman–Crippen MR) is 66.6 cm³/mol. The Morgan fingerprint density at radius 2 is 2.00 bits per heavy atom. The molecule has 1 aromatic carbocycles. The zero-order chi connectivity index (χ0) is 12.0. The van der Waals surface area contributed by atoms with Crippen LogP contribution in [-0.4, -0.2) is 11.7 Å². The van der Waals surface area contributed by atoms with Gasteiger partial charge in [-0.15, -0.1) is 6.58 Å². The van der Waals surface area contributed by atoms with E-state index in [2.05, 4.69) is 6.58 Å². The molecule has 1 unspecified atom stereocenters. The summed E-state index contributed by atoms with van der Waals surface area (Å²) in [6.45, 7) is 8.42. The molecule has 2 nitrogen and oxygen atoms in total. The zero-order valence-electron chi connectivity index (χ0n) is 10.1. The van der Waals surface area contributed by atoms with E-state index in [1.54, 1.807) is 0 Å². The summed E-state index contributed by atoms with van der Waals surface area (Å²) < 4.78 is 5.34. The summed E-state index contributed by atoms with van der Waals surface area (Å²) in [6.07, 6.45) is 1.17. The fraction of sp³-hybridized carbons (Fsp3) is 0.429. The highest BCUT2D eigenvalue weighted by Crippen LogP contribution is 2.22. The number of rotatable bonds is 6. The molecular weight excluding hydrogens is 200 g/mol. The SMILES string of the molecule is C=C(C)CCC(O)c1ccc(OCC)cc1.